The van der Waals surface area contributed by atoms with E-state index in [-0.39, 0.29) is 11.3 Å². The number of esters is 1. The maximum atomic E-state index is 12.5. The van der Waals surface area contributed by atoms with Crippen molar-refractivity contribution in [3.8, 4) is 0 Å². The zero-order chi connectivity index (χ0) is 24.7. The van der Waals surface area contributed by atoms with Crippen molar-refractivity contribution < 1.29 is 23.5 Å². The second-order valence-electron chi connectivity index (χ2n) is 8.01. The molecule has 0 aliphatic heterocycles. The van der Waals surface area contributed by atoms with Gasteiger partial charge in [-0.25, -0.2) is 4.79 Å². The summed E-state index contributed by atoms with van der Waals surface area (Å²) in [4.78, 5) is 39.2. The molecule has 34 heavy (non-hydrogen) atoms. The van der Waals surface area contributed by atoms with Crippen LogP contribution in [-0.4, -0.2) is 37.0 Å². The first-order chi connectivity index (χ1) is 16.3. The van der Waals surface area contributed by atoms with E-state index >= 15 is 0 Å². The van der Waals surface area contributed by atoms with Gasteiger partial charge in [-0.2, -0.15) is 0 Å². The van der Waals surface area contributed by atoms with Crippen LogP contribution < -0.4 is 15.5 Å². The Hall–Kier alpha value is -4.07. The quantitative estimate of drug-likeness (QED) is 0.439. The minimum Gasteiger partial charge on any atom is -0.459 e. The fourth-order valence-corrected chi connectivity index (χ4v) is 3.47. The molecule has 0 spiro atoms. The van der Waals surface area contributed by atoms with Crippen LogP contribution in [0, 0.1) is 6.92 Å². The van der Waals surface area contributed by atoms with Crippen molar-refractivity contribution >= 4 is 34.8 Å². The summed E-state index contributed by atoms with van der Waals surface area (Å²) >= 11 is 0. The summed E-state index contributed by atoms with van der Waals surface area (Å²) < 4.78 is 10.2. The summed E-state index contributed by atoms with van der Waals surface area (Å²) in [5.74, 6) is -1.39. The lowest BCUT2D eigenvalue weighted by Gasteiger charge is -2.27. The molecule has 1 aromatic heterocycles. The van der Waals surface area contributed by atoms with E-state index in [0.29, 0.717) is 17.4 Å². The van der Waals surface area contributed by atoms with Crippen LogP contribution in [0.5, 0.6) is 0 Å². The molecule has 0 fully saturated rings. The summed E-state index contributed by atoms with van der Waals surface area (Å²) in [6.45, 7) is 8.58. The minimum absolute atomic E-state index is 0.156. The number of amides is 2. The number of rotatable bonds is 9. The molecule has 0 saturated carbocycles. The Labute approximate surface area is 198 Å². The van der Waals surface area contributed by atoms with Gasteiger partial charge in [0.25, 0.3) is 11.8 Å². The SMILES string of the molecule is CCN(c1ccc(NC(=O)COC(=O)c2ccc(C)c(NC(=O)c3ccco3)c2)cc1)C(C)C. The molecule has 0 atom stereocenters. The number of aryl methyl sites for hydroxylation is 1. The average molecular weight is 464 g/mol. The molecule has 2 aromatic carbocycles. The molecular weight excluding hydrogens is 434 g/mol. The van der Waals surface area contributed by atoms with Gasteiger partial charge in [0.05, 0.1) is 11.8 Å². The molecule has 2 amide bonds. The average Bonchev–Trinajstić information content (AvgIpc) is 3.35. The summed E-state index contributed by atoms with van der Waals surface area (Å²) in [5, 5.41) is 5.43. The number of furan rings is 1. The molecule has 3 aromatic rings. The predicted molar refractivity (Wildman–Crippen MR) is 131 cm³/mol. The fourth-order valence-electron chi connectivity index (χ4n) is 3.47. The molecule has 0 aliphatic rings. The molecule has 178 valence electrons. The Bertz CT molecular complexity index is 1140. The van der Waals surface area contributed by atoms with Crippen LogP contribution in [-0.2, 0) is 9.53 Å². The van der Waals surface area contributed by atoms with Gasteiger partial charge in [-0.3, -0.25) is 9.59 Å². The number of hydrogen-bond acceptors (Lipinski definition) is 6. The molecule has 1 heterocycles. The highest BCUT2D eigenvalue weighted by Crippen LogP contribution is 2.21. The zero-order valence-electron chi connectivity index (χ0n) is 19.8. The first-order valence-electron chi connectivity index (χ1n) is 11.1. The Morgan fingerprint density at radius 2 is 1.76 bits per heavy atom. The van der Waals surface area contributed by atoms with E-state index < -0.39 is 24.4 Å². The van der Waals surface area contributed by atoms with E-state index in [9.17, 15) is 14.4 Å². The third-order valence-corrected chi connectivity index (χ3v) is 5.25. The van der Waals surface area contributed by atoms with Crippen LogP contribution in [0.25, 0.3) is 0 Å². The lowest BCUT2D eigenvalue weighted by atomic mass is 10.1. The summed E-state index contributed by atoms with van der Waals surface area (Å²) in [6.07, 6.45) is 1.40. The highest BCUT2D eigenvalue weighted by atomic mass is 16.5. The van der Waals surface area contributed by atoms with E-state index in [1.807, 2.05) is 24.3 Å². The predicted octanol–water partition coefficient (Wildman–Crippen LogP) is 4.87. The van der Waals surface area contributed by atoms with Gasteiger partial charge < -0.3 is 24.7 Å². The van der Waals surface area contributed by atoms with Gasteiger partial charge >= 0.3 is 5.97 Å². The molecule has 0 radical (unpaired) electrons. The van der Waals surface area contributed by atoms with Gasteiger partial charge in [-0.1, -0.05) is 6.07 Å². The number of carbonyl (C=O) groups is 3. The normalized spacial score (nSPS) is 10.6. The first kappa shape index (κ1) is 24.6. The van der Waals surface area contributed by atoms with Crippen molar-refractivity contribution in [3.63, 3.8) is 0 Å². The second-order valence-corrected chi connectivity index (χ2v) is 8.01. The highest BCUT2D eigenvalue weighted by molar-refractivity contribution is 6.03. The Morgan fingerprint density at radius 3 is 2.38 bits per heavy atom. The number of nitrogens with one attached hydrogen (secondary N) is 2. The summed E-state index contributed by atoms with van der Waals surface area (Å²) in [5.41, 5.74) is 3.10. The number of benzene rings is 2. The van der Waals surface area contributed by atoms with Crippen molar-refractivity contribution in [2.45, 2.75) is 33.7 Å². The number of anilines is 3. The minimum atomic E-state index is -0.672. The standard InChI is InChI=1S/C26H29N3O5/c1-5-29(17(2)3)21-12-10-20(11-13-21)27-24(30)16-34-26(32)19-9-8-18(4)22(15-19)28-25(31)23-7-6-14-33-23/h6-15,17H,5,16H2,1-4H3,(H,27,30)(H,28,31). The van der Waals surface area contributed by atoms with Crippen LogP contribution in [0.4, 0.5) is 17.1 Å². The lowest BCUT2D eigenvalue weighted by molar-refractivity contribution is -0.119. The number of nitrogens with zero attached hydrogens (tertiary/aromatic N) is 1. The van der Waals surface area contributed by atoms with Gasteiger partial charge in [-0.05, 0) is 81.8 Å². The van der Waals surface area contributed by atoms with Crippen molar-refractivity contribution in [2.75, 3.05) is 28.7 Å². The van der Waals surface area contributed by atoms with E-state index in [4.69, 9.17) is 9.15 Å². The largest absolute Gasteiger partial charge is 0.459 e. The van der Waals surface area contributed by atoms with Gasteiger partial charge in [0.15, 0.2) is 12.4 Å². The van der Waals surface area contributed by atoms with Crippen molar-refractivity contribution in [1.82, 2.24) is 0 Å². The Balaban J connectivity index is 1.56. The fraction of sp³-hybridized carbons (Fsp3) is 0.269. The zero-order valence-corrected chi connectivity index (χ0v) is 19.8. The molecule has 0 saturated heterocycles. The molecule has 8 heteroatoms. The maximum absolute atomic E-state index is 12.5. The molecule has 2 N–H and O–H groups in total. The van der Waals surface area contributed by atoms with Crippen molar-refractivity contribution in [3.05, 3.63) is 77.7 Å². The molecule has 0 bridgehead atoms. The van der Waals surface area contributed by atoms with Crippen LogP contribution in [0.3, 0.4) is 0 Å². The number of carbonyl (C=O) groups excluding carboxylic acids is 3. The van der Waals surface area contributed by atoms with Gasteiger partial charge in [0, 0.05) is 29.6 Å². The van der Waals surface area contributed by atoms with Crippen LogP contribution in [0.1, 0.15) is 47.2 Å². The first-order valence-corrected chi connectivity index (χ1v) is 11.1. The van der Waals surface area contributed by atoms with Gasteiger partial charge in [0.2, 0.25) is 0 Å². The molecule has 0 aliphatic carbocycles. The topological polar surface area (TPSA) is 101 Å². The maximum Gasteiger partial charge on any atom is 0.338 e. The van der Waals surface area contributed by atoms with Crippen molar-refractivity contribution in [2.24, 2.45) is 0 Å². The molecule has 0 unspecified atom stereocenters. The van der Waals surface area contributed by atoms with E-state index in [0.717, 1.165) is 17.8 Å². The second kappa shape index (κ2) is 11.2. The van der Waals surface area contributed by atoms with Gasteiger partial charge in [-0.15, -0.1) is 0 Å². The molecule has 8 nitrogen and oxygen atoms in total. The van der Waals surface area contributed by atoms with Gasteiger partial charge in [0.1, 0.15) is 0 Å². The van der Waals surface area contributed by atoms with Crippen LogP contribution in [0.15, 0.2) is 65.3 Å². The van der Waals surface area contributed by atoms with Crippen LogP contribution >= 0.6 is 0 Å². The molecule has 3 rings (SSSR count). The highest BCUT2D eigenvalue weighted by Gasteiger charge is 2.15. The lowest BCUT2D eigenvalue weighted by Crippen LogP contribution is -2.30. The third kappa shape index (κ3) is 6.25. The molecular formula is C26H29N3O5. The Morgan fingerprint density at radius 1 is 1.03 bits per heavy atom. The smallest absolute Gasteiger partial charge is 0.338 e. The number of hydrogen-bond donors (Lipinski definition) is 2. The van der Waals surface area contributed by atoms with Crippen molar-refractivity contribution in [1.29, 1.82) is 0 Å². The number of ether oxygens (including phenoxy) is 1. The van der Waals surface area contributed by atoms with E-state index in [2.05, 4.69) is 36.3 Å². The summed E-state index contributed by atoms with van der Waals surface area (Å²) in [7, 11) is 0. The monoisotopic (exact) mass is 463 g/mol. The van der Waals surface area contributed by atoms with Crippen LogP contribution in [0.2, 0.25) is 0 Å². The van der Waals surface area contributed by atoms with E-state index in [1.165, 1.54) is 12.3 Å². The summed E-state index contributed by atoms with van der Waals surface area (Å²) in [6, 6.07) is 15.8. The third-order valence-electron chi connectivity index (χ3n) is 5.25. The van der Waals surface area contributed by atoms with E-state index in [1.54, 1.807) is 31.2 Å². The Kier molecular flexibility index (Phi) is 8.08.